The van der Waals surface area contributed by atoms with Crippen LogP contribution < -0.4 is 10.2 Å². The third-order valence-corrected chi connectivity index (χ3v) is 3.52. The summed E-state index contributed by atoms with van der Waals surface area (Å²) in [7, 11) is 3.97. The quantitative estimate of drug-likeness (QED) is 0.886. The molecule has 0 unspecified atom stereocenters. The second-order valence-corrected chi connectivity index (χ2v) is 5.10. The van der Waals surface area contributed by atoms with E-state index in [2.05, 4.69) is 15.2 Å². The van der Waals surface area contributed by atoms with Crippen LogP contribution in [0.15, 0.2) is 22.7 Å². The molecule has 0 fully saturated rings. The van der Waals surface area contributed by atoms with E-state index in [1.54, 1.807) is 11.3 Å². The van der Waals surface area contributed by atoms with Gasteiger partial charge in [-0.05, 0) is 26.1 Å². The molecule has 92 valence electrons. The maximum absolute atomic E-state index is 5.55. The molecule has 4 nitrogen and oxygen atoms in total. The molecule has 1 N–H and O–H groups in total. The molecule has 0 amide bonds. The molecule has 5 heteroatoms. The van der Waals surface area contributed by atoms with Crippen molar-refractivity contribution in [1.82, 2.24) is 10.3 Å². The fraction of sp³-hybridized carbons (Fsp3) is 0.417. The van der Waals surface area contributed by atoms with Crippen LogP contribution in [0.4, 0.5) is 5.13 Å². The lowest BCUT2D eigenvalue weighted by molar-refractivity contribution is 0.481. The van der Waals surface area contributed by atoms with E-state index in [-0.39, 0.29) is 0 Å². The molecule has 0 saturated carbocycles. The number of aryl methyl sites for hydroxylation is 1. The molecule has 0 radical (unpaired) electrons. The zero-order chi connectivity index (χ0) is 12.3. The van der Waals surface area contributed by atoms with E-state index in [1.807, 2.05) is 39.3 Å². The smallest absolute Gasteiger partial charge is 0.185 e. The van der Waals surface area contributed by atoms with Gasteiger partial charge in [0.05, 0.1) is 6.54 Å². The van der Waals surface area contributed by atoms with E-state index in [1.165, 1.54) is 4.88 Å². The molecule has 2 aromatic heterocycles. The van der Waals surface area contributed by atoms with Gasteiger partial charge in [0, 0.05) is 24.7 Å². The highest BCUT2D eigenvalue weighted by Crippen LogP contribution is 2.23. The number of nitrogens with one attached hydrogen (secondary N) is 1. The summed E-state index contributed by atoms with van der Waals surface area (Å²) >= 11 is 1.70. The largest absolute Gasteiger partial charge is 0.464 e. The van der Waals surface area contributed by atoms with E-state index >= 15 is 0 Å². The zero-order valence-corrected chi connectivity index (χ0v) is 11.2. The molecule has 0 aliphatic rings. The van der Waals surface area contributed by atoms with Gasteiger partial charge < -0.3 is 14.6 Å². The molecule has 0 aliphatic carbocycles. The van der Waals surface area contributed by atoms with Crippen LogP contribution in [-0.4, -0.2) is 19.1 Å². The van der Waals surface area contributed by atoms with Crippen LogP contribution in [0.1, 0.15) is 16.4 Å². The van der Waals surface area contributed by atoms with Crippen LogP contribution in [0.2, 0.25) is 0 Å². The fourth-order valence-corrected chi connectivity index (χ4v) is 2.48. The highest BCUT2D eigenvalue weighted by Gasteiger charge is 2.09. The number of nitrogens with zero attached hydrogens (tertiary/aromatic N) is 2. The second-order valence-electron chi connectivity index (χ2n) is 4.01. The van der Waals surface area contributed by atoms with Crippen LogP contribution in [0.25, 0.3) is 0 Å². The van der Waals surface area contributed by atoms with Gasteiger partial charge >= 0.3 is 0 Å². The average Bonchev–Trinajstić information content (AvgIpc) is 2.88. The van der Waals surface area contributed by atoms with E-state index in [4.69, 9.17) is 4.42 Å². The Hall–Kier alpha value is -1.33. The van der Waals surface area contributed by atoms with Gasteiger partial charge in [-0.15, -0.1) is 11.3 Å². The van der Waals surface area contributed by atoms with E-state index in [0.717, 1.165) is 29.7 Å². The Morgan fingerprint density at radius 3 is 2.94 bits per heavy atom. The monoisotopic (exact) mass is 251 g/mol. The van der Waals surface area contributed by atoms with Crippen LogP contribution in [-0.2, 0) is 13.1 Å². The highest BCUT2D eigenvalue weighted by molar-refractivity contribution is 7.15. The summed E-state index contributed by atoms with van der Waals surface area (Å²) in [5.74, 6) is 1.92. The zero-order valence-electron chi connectivity index (χ0n) is 10.4. The summed E-state index contributed by atoms with van der Waals surface area (Å²) < 4.78 is 5.55. The molecule has 2 rings (SSSR count). The summed E-state index contributed by atoms with van der Waals surface area (Å²) in [4.78, 5) is 7.74. The maximum atomic E-state index is 5.55. The second kappa shape index (κ2) is 5.33. The van der Waals surface area contributed by atoms with Crippen LogP contribution >= 0.6 is 11.3 Å². The number of aromatic nitrogens is 1. The average molecular weight is 251 g/mol. The molecule has 0 aliphatic heterocycles. The van der Waals surface area contributed by atoms with Crippen molar-refractivity contribution in [2.45, 2.75) is 20.0 Å². The lowest BCUT2D eigenvalue weighted by atomic mass is 10.4. The first kappa shape index (κ1) is 12.1. The van der Waals surface area contributed by atoms with Crippen molar-refractivity contribution in [3.63, 3.8) is 0 Å². The lowest BCUT2D eigenvalue weighted by Gasteiger charge is -2.13. The molecule has 0 aromatic carbocycles. The van der Waals surface area contributed by atoms with Crippen molar-refractivity contribution < 1.29 is 4.42 Å². The summed E-state index contributed by atoms with van der Waals surface area (Å²) in [5.41, 5.74) is 0. The Balaban J connectivity index is 2.01. The molecule has 0 saturated heterocycles. The standard InChI is InChI=1S/C12H17N3OS/c1-9-4-5-10(16-9)8-15(3)12-14-7-11(17-12)6-13-2/h4-5,7,13H,6,8H2,1-3H3. The highest BCUT2D eigenvalue weighted by atomic mass is 32.1. The predicted octanol–water partition coefficient (Wildman–Crippen LogP) is 2.40. The van der Waals surface area contributed by atoms with Gasteiger partial charge in [0.15, 0.2) is 5.13 Å². The van der Waals surface area contributed by atoms with Crippen molar-refractivity contribution in [2.24, 2.45) is 0 Å². The molecule has 0 atom stereocenters. The third kappa shape index (κ3) is 3.08. The lowest BCUT2D eigenvalue weighted by Crippen LogP contribution is -2.15. The minimum atomic E-state index is 0.750. The Kier molecular flexibility index (Phi) is 3.81. The van der Waals surface area contributed by atoms with Crippen LogP contribution in [0, 0.1) is 6.92 Å². The van der Waals surface area contributed by atoms with Gasteiger partial charge in [-0.2, -0.15) is 0 Å². The van der Waals surface area contributed by atoms with Crippen LogP contribution in [0.5, 0.6) is 0 Å². The van der Waals surface area contributed by atoms with Crippen LogP contribution in [0.3, 0.4) is 0 Å². The Morgan fingerprint density at radius 1 is 1.47 bits per heavy atom. The molecule has 17 heavy (non-hydrogen) atoms. The van der Waals surface area contributed by atoms with E-state index < -0.39 is 0 Å². The molecule has 0 bridgehead atoms. The molecule has 2 heterocycles. The first-order valence-electron chi connectivity index (χ1n) is 5.55. The first-order chi connectivity index (χ1) is 8.19. The molecular formula is C12H17N3OS. The molecule has 2 aromatic rings. The summed E-state index contributed by atoms with van der Waals surface area (Å²) in [6.07, 6.45) is 1.92. The van der Waals surface area contributed by atoms with Crippen molar-refractivity contribution >= 4 is 16.5 Å². The minimum Gasteiger partial charge on any atom is -0.464 e. The number of hydrogen-bond acceptors (Lipinski definition) is 5. The number of furan rings is 1. The number of hydrogen-bond donors (Lipinski definition) is 1. The van der Waals surface area contributed by atoms with Crippen molar-refractivity contribution in [3.8, 4) is 0 Å². The Morgan fingerprint density at radius 2 is 2.29 bits per heavy atom. The van der Waals surface area contributed by atoms with Gasteiger partial charge in [-0.25, -0.2) is 4.98 Å². The summed E-state index contributed by atoms with van der Waals surface area (Å²) in [6, 6.07) is 3.99. The van der Waals surface area contributed by atoms with Crippen molar-refractivity contribution in [2.75, 3.05) is 19.0 Å². The summed E-state index contributed by atoms with van der Waals surface area (Å²) in [5, 5.41) is 4.14. The maximum Gasteiger partial charge on any atom is 0.185 e. The van der Waals surface area contributed by atoms with Crippen molar-refractivity contribution in [3.05, 3.63) is 34.7 Å². The summed E-state index contributed by atoms with van der Waals surface area (Å²) in [6.45, 7) is 3.57. The number of thiazole rings is 1. The fourth-order valence-electron chi connectivity index (χ4n) is 1.60. The predicted molar refractivity (Wildman–Crippen MR) is 70.4 cm³/mol. The Labute approximate surface area is 105 Å². The van der Waals surface area contributed by atoms with Crippen molar-refractivity contribution in [1.29, 1.82) is 0 Å². The number of anilines is 1. The van der Waals surface area contributed by atoms with Gasteiger partial charge in [-0.1, -0.05) is 0 Å². The SMILES string of the molecule is CNCc1cnc(N(C)Cc2ccc(C)o2)s1. The molecular weight excluding hydrogens is 234 g/mol. The minimum absolute atomic E-state index is 0.750. The van der Waals surface area contributed by atoms with Gasteiger partial charge in [0.1, 0.15) is 11.5 Å². The normalized spacial score (nSPS) is 10.8. The van der Waals surface area contributed by atoms with E-state index in [0.29, 0.717) is 0 Å². The Bertz CT molecular complexity index is 478. The topological polar surface area (TPSA) is 41.3 Å². The number of rotatable bonds is 5. The molecule has 0 spiro atoms. The first-order valence-corrected chi connectivity index (χ1v) is 6.36. The third-order valence-electron chi connectivity index (χ3n) is 2.41. The van der Waals surface area contributed by atoms with Gasteiger partial charge in [-0.3, -0.25) is 0 Å². The van der Waals surface area contributed by atoms with E-state index in [9.17, 15) is 0 Å². The van der Waals surface area contributed by atoms with Gasteiger partial charge in [0.25, 0.3) is 0 Å². The van der Waals surface area contributed by atoms with Gasteiger partial charge in [0.2, 0.25) is 0 Å².